The van der Waals surface area contributed by atoms with Crippen molar-refractivity contribution in [3.63, 3.8) is 0 Å². The van der Waals surface area contributed by atoms with Gasteiger partial charge in [0.25, 0.3) is 0 Å². The molecular weight excluding hydrogens is 430 g/mol. The summed E-state index contributed by atoms with van der Waals surface area (Å²) in [5.41, 5.74) is 3.86. The van der Waals surface area contributed by atoms with E-state index in [1.165, 1.54) is 6.92 Å². The summed E-state index contributed by atoms with van der Waals surface area (Å²) < 4.78 is 12.5. The van der Waals surface area contributed by atoms with Crippen molar-refractivity contribution in [2.75, 3.05) is 6.61 Å². The number of carboxylic acids is 1. The highest BCUT2D eigenvalue weighted by Crippen LogP contribution is 2.43. The van der Waals surface area contributed by atoms with E-state index in [1.54, 1.807) is 18.2 Å². The van der Waals surface area contributed by atoms with E-state index in [0.29, 0.717) is 19.4 Å². The summed E-state index contributed by atoms with van der Waals surface area (Å²) in [5.74, 6) is -0.310. The molecule has 0 spiro atoms. The number of rotatable bonds is 7. The van der Waals surface area contributed by atoms with Gasteiger partial charge in [0.05, 0.1) is 24.4 Å². The molecule has 3 aromatic rings. The molecule has 2 N–H and O–H groups in total. The SMILES string of the molecule is CCOc1ccc(-c2cccc(C(=O)O)c2)cc1[C@H]1C[C@@H](NC(C)=O)C[C@@H](c2ccccc2)O1. The molecule has 4 rings (SSSR count). The summed E-state index contributed by atoms with van der Waals surface area (Å²) in [6.07, 6.45) is 0.816. The molecule has 1 aliphatic heterocycles. The number of aromatic carboxylic acids is 1. The lowest BCUT2D eigenvalue weighted by molar-refractivity contribution is -0.122. The Morgan fingerprint density at radius 1 is 0.971 bits per heavy atom. The van der Waals surface area contributed by atoms with Gasteiger partial charge in [0.2, 0.25) is 5.91 Å². The minimum atomic E-state index is -0.965. The van der Waals surface area contributed by atoms with Crippen molar-refractivity contribution in [3.05, 3.63) is 89.5 Å². The second-order valence-electron chi connectivity index (χ2n) is 8.46. The number of benzene rings is 3. The molecule has 6 nitrogen and oxygen atoms in total. The van der Waals surface area contributed by atoms with Crippen LogP contribution in [0.4, 0.5) is 0 Å². The first-order valence-corrected chi connectivity index (χ1v) is 11.5. The average molecular weight is 460 g/mol. The van der Waals surface area contributed by atoms with Gasteiger partial charge < -0.3 is 19.9 Å². The summed E-state index contributed by atoms with van der Waals surface area (Å²) in [6, 6.07) is 22.7. The minimum Gasteiger partial charge on any atom is -0.493 e. The summed E-state index contributed by atoms with van der Waals surface area (Å²) in [7, 11) is 0. The van der Waals surface area contributed by atoms with Gasteiger partial charge in [0.1, 0.15) is 5.75 Å². The van der Waals surface area contributed by atoms with Gasteiger partial charge in [-0.05, 0) is 60.7 Å². The van der Waals surface area contributed by atoms with E-state index in [9.17, 15) is 14.7 Å². The van der Waals surface area contributed by atoms with Gasteiger partial charge in [-0.2, -0.15) is 0 Å². The summed E-state index contributed by atoms with van der Waals surface area (Å²) >= 11 is 0. The Morgan fingerprint density at radius 3 is 2.41 bits per heavy atom. The summed E-state index contributed by atoms with van der Waals surface area (Å²) in [5, 5.41) is 12.5. The second kappa shape index (κ2) is 10.5. The number of amides is 1. The number of nitrogens with one attached hydrogen (secondary N) is 1. The van der Waals surface area contributed by atoms with Crippen molar-refractivity contribution in [3.8, 4) is 16.9 Å². The molecule has 1 amide bonds. The fourth-order valence-corrected chi connectivity index (χ4v) is 4.51. The standard InChI is InChI=1S/C28H29NO5/c1-3-33-25-13-12-21(20-10-7-11-22(14-20)28(31)32)15-24(25)27-17-23(29-18(2)30)16-26(34-27)19-8-5-4-6-9-19/h4-15,23,26-27H,3,16-17H2,1-2H3,(H,29,30)(H,31,32)/t23-,26-,27+/m0/s1. The lowest BCUT2D eigenvalue weighted by Gasteiger charge is -2.37. The zero-order valence-electron chi connectivity index (χ0n) is 19.4. The molecule has 1 saturated heterocycles. The fraction of sp³-hybridized carbons (Fsp3) is 0.286. The van der Waals surface area contributed by atoms with Gasteiger partial charge in [0.15, 0.2) is 0 Å². The molecule has 1 fully saturated rings. The summed E-state index contributed by atoms with van der Waals surface area (Å²) in [4.78, 5) is 23.3. The van der Waals surface area contributed by atoms with Gasteiger partial charge in [-0.15, -0.1) is 0 Å². The van der Waals surface area contributed by atoms with Crippen molar-refractivity contribution in [2.45, 2.75) is 44.9 Å². The second-order valence-corrected chi connectivity index (χ2v) is 8.46. The Morgan fingerprint density at radius 2 is 1.71 bits per heavy atom. The highest BCUT2D eigenvalue weighted by molar-refractivity contribution is 5.89. The van der Waals surface area contributed by atoms with Crippen molar-refractivity contribution in [1.82, 2.24) is 5.32 Å². The van der Waals surface area contributed by atoms with Crippen LogP contribution in [-0.2, 0) is 9.53 Å². The highest BCUT2D eigenvalue weighted by atomic mass is 16.5. The molecule has 0 saturated carbocycles. The normalized spacial score (nSPS) is 19.9. The van der Waals surface area contributed by atoms with E-state index in [4.69, 9.17) is 9.47 Å². The van der Waals surface area contributed by atoms with Gasteiger partial charge in [-0.1, -0.05) is 48.5 Å². The predicted molar refractivity (Wildman–Crippen MR) is 130 cm³/mol. The van der Waals surface area contributed by atoms with E-state index in [-0.39, 0.29) is 29.7 Å². The first-order chi connectivity index (χ1) is 16.4. The summed E-state index contributed by atoms with van der Waals surface area (Å²) in [6.45, 7) is 3.97. The van der Waals surface area contributed by atoms with Crippen LogP contribution in [0.1, 0.15) is 60.4 Å². The van der Waals surface area contributed by atoms with Crippen LogP contribution in [0.15, 0.2) is 72.8 Å². The number of carbonyl (C=O) groups excluding carboxylic acids is 1. The highest BCUT2D eigenvalue weighted by Gasteiger charge is 2.33. The molecule has 34 heavy (non-hydrogen) atoms. The average Bonchev–Trinajstić information content (AvgIpc) is 2.84. The van der Waals surface area contributed by atoms with E-state index >= 15 is 0 Å². The third kappa shape index (κ3) is 5.46. The molecular formula is C28H29NO5. The van der Waals surface area contributed by atoms with E-state index in [0.717, 1.165) is 28.0 Å². The number of hydrogen-bond acceptors (Lipinski definition) is 4. The molecule has 3 aromatic carbocycles. The first-order valence-electron chi connectivity index (χ1n) is 11.5. The van der Waals surface area contributed by atoms with Crippen LogP contribution >= 0.6 is 0 Å². The largest absolute Gasteiger partial charge is 0.493 e. The van der Waals surface area contributed by atoms with Crippen LogP contribution in [0.25, 0.3) is 11.1 Å². The van der Waals surface area contributed by atoms with Crippen LogP contribution in [0.3, 0.4) is 0 Å². The molecule has 176 valence electrons. The molecule has 0 unspecified atom stereocenters. The third-order valence-electron chi connectivity index (χ3n) is 6.00. The molecule has 0 aliphatic carbocycles. The first kappa shape index (κ1) is 23.5. The third-order valence-corrected chi connectivity index (χ3v) is 6.00. The van der Waals surface area contributed by atoms with Crippen molar-refractivity contribution in [1.29, 1.82) is 0 Å². The fourth-order valence-electron chi connectivity index (χ4n) is 4.51. The Balaban J connectivity index is 1.73. The van der Waals surface area contributed by atoms with Crippen LogP contribution in [0.2, 0.25) is 0 Å². The zero-order valence-corrected chi connectivity index (χ0v) is 19.4. The lowest BCUT2D eigenvalue weighted by Crippen LogP contribution is -2.39. The molecule has 3 atom stereocenters. The Hall–Kier alpha value is -3.64. The van der Waals surface area contributed by atoms with Gasteiger partial charge in [-0.25, -0.2) is 4.79 Å². The smallest absolute Gasteiger partial charge is 0.335 e. The number of hydrogen-bond donors (Lipinski definition) is 2. The molecule has 1 heterocycles. The van der Waals surface area contributed by atoms with E-state index < -0.39 is 5.97 Å². The maximum Gasteiger partial charge on any atom is 0.335 e. The van der Waals surface area contributed by atoms with Gasteiger partial charge >= 0.3 is 5.97 Å². The van der Waals surface area contributed by atoms with Crippen LogP contribution in [0, 0.1) is 0 Å². The van der Waals surface area contributed by atoms with Gasteiger partial charge in [-0.3, -0.25) is 4.79 Å². The Kier molecular flexibility index (Phi) is 7.28. The Bertz CT molecular complexity index is 1160. The van der Waals surface area contributed by atoms with Crippen LogP contribution < -0.4 is 10.1 Å². The van der Waals surface area contributed by atoms with Crippen molar-refractivity contribution < 1.29 is 24.2 Å². The molecule has 0 aromatic heterocycles. The predicted octanol–water partition coefficient (Wildman–Crippen LogP) is 5.55. The molecule has 6 heteroatoms. The van der Waals surface area contributed by atoms with Crippen LogP contribution in [0.5, 0.6) is 5.75 Å². The lowest BCUT2D eigenvalue weighted by atomic mass is 9.89. The number of carboxylic acid groups (broad SMARTS) is 1. The van der Waals surface area contributed by atoms with E-state index in [1.807, 2.05) is 61.5 Å². The molecule has 0 bridgehead atoms. The van der Waals surface area contributed by atoms with Crippen molar-refractivity contribution >= 4 is 11.9 Å². The topological polar surface area (TPSA) is 84.9 Å². The Labute approximate surface area is 199 Å². The monoisotopic (exact) mass is 459 g/mol. The van der Waals surface area contributed by atoms with Crippen LogP contribution in [-0.4, -0.2) is 29.6 Å². The molecule has 0 radical (unpaired) electrons. The zero-order chi connectivity index (χ0) is 24.1. The number of ether oxygens (including phenoxy) is 2. The van der Waals surface area contributed by atoms with Gasteiger partial charge in [0, 0.05) is 18.5 Å². The molecule has 1 aliphatic rings. The quantitative estimate of drug-likeness (QED) is 0.484. The maximum absolute atomic E-state index is 11.9. The van der Waals surface area contributed by atoms with E-state index in [2.05, 4.69) is 5.32 Å². The maximum atomic E-state index is 11.9. The minimum absolute atomic E-state index is 0.0464. The number of carbonyl (C=O) groups is 2. The van der Waals surface area contributed by atoms with Crippen molar-refractivity contribution in [2.24, 2.45) is 0 Å².